The van der Waals surface area contributed by atoms with E-state index in [9.17, 15) is 61.0 Å². The summed E-state index contributed by atoms with van der Waals surface area (Å²) in [5.41, 5.74) is 0. The first-order chi connectivity index (χ1) is 45.8. The topological polar surface area (TPSA) is 307 Å². The first-order valence-electron chi connectivity index (χ1n) is 35.8. The molecule has 0 aromatic carbocycles. The van der Waals surface area contributed by atoms with Crippen molar-refractivity contribution in [1.82, 2.24) is 5.32 Å². The third-order valence-electron chi connectivity index (χ3n) is 17.1. The molecule has 17 unspecified atom stereocenters. The molecule has 19 nitrogen and oxygen atoms in total. The predicted molar refractivity (Wildman–Crippen MR) is 369 cm³/mol. The number of ether oxygens (including phenoxy) is 6. The fourth-order valence-corrected chi connectivity index (χ4v) is 11.3. The highest BCUT2D eigenvalue weighted by Gasteiger charge is 2.53. The molecule has 3 heterocycles. The summed E-state index contributed by atoms with van der Waals surface area (Å²) in [5.74, 6) is -0.264. The Balaban J connectivity index is 1.36. The minimum Gasteiger partial charge on any atom is -0.394 e. The summed E-state index contributed by atoms with van der Waals surface area (Å²) < 4.78 is 34.4. The Hall–Kier alpha value is -3.81. The molecule has 0 saturated carbocycles. The van der Waals surface area contributed by atoms with Crippen molar-refractivity contribution in [3.63, 3.8) is 0 Å². The Morgan fingerprint density at radius 2 is 0.734 bits per heavy atom. The Morgan fingerprint density at radius 1 is 0.394 bits per heavy atom. The summed E-state index contributed by atoms with van der Waals surface area (Å²) in [4.78, 5) is 13.4. The molecular weight excluding hydrogens is 1200 g/mol. The number of nitrogens with one attached hydrogen (secondary N) is 1. The second kappa shape index (κ2) is 55.1. The molecule has 0 aromatic heterocycles. The van der Waals surface area contributed by atoms with Crippen LogP contribution in [0.1, 0.15) is 213 Å². The smallest absolute Gasteiger partial charge is 0.220 e. The van der Waals surface area contributed by atoms with Gasteiger partial charge < -0.3 is 89.9 Å². The SMILES string of the molecule is CC/C=C\C/C=C\C/C=C\C/C=C\C/C=C\C/C=C\C/C=C\C/C=C\C/C=C\C/C=C\CCCCCCCCC(=O)NC(COC1OC(CO)C(OC2OC(CO)C(OC3OC(CO)C(O)C(O)C3O)C(O)C2O)C(O)C1O)C(O)CCCCCCCCCCCCCC. The highest BCUT2D eigenvalue weighted by molar-refractivity contribution is 5.76. The molecule has 3 rings (SSSR count). The zero-order chi connectivity index (χ0) is 68.2. The second-order valence-corrected chi connectivity index (χ2v) is 25.0. The van der Waals surface area contributed by atoms with E-state index in [1.54, 1.807) is 0 Å². The van der Waals surface area contributed by atoms with E-state index in [0.717, 1.165) is 128 Å². The summed E-state index contributed by atoms with van der Waals surface area (Å²) in [6.45, 7) is 1.64. The lowest BCUT2D eigenvalue weighted by Gasteiger charge is -2.48. The van der Waals surface area contributed by atoms with E-state index in [2.05, 4.69) is 141 Å². The summed E-state index contributed by atoms with van der Waals surface area (Å²) >= 11 is 0. The van der Waals surface area contributed by atoms with E-state index in [0.29, 0.717) is 12.8 Å². The average Bonchev–Trinajstić information content (AvgIpc) is 0.794. The molecule has 0 spiro atoms. The number of aliphatic hydroxyl groups is 11. The van der Waals surface area contributed by atoms with Gasteiger partial charge in [-0.15, -0.1) is 0 Å². The quantitative estimate of drug-likeness (QED) is 0.0199. The molecule has 17 atom stereocenters. The second-order valence-electron chi connectivity index (χ2n) is 25.0. The number of amides is 1. The highest BCUT2D eigenvalue weighted by Crippen LogP contribution is 2.33. The van der Waals surface area contributed by atoms with Crippen molar-refractivity contribution < 1.29 is 89.4 Å². The Bertz CT molecular complexity index is 2180. The fraction of sp³-hybridized carbons (Fsp3) is 0.720. The number of unbranched alkanes of at least 4 members (excludes halogenated alkanes) is 17. The van der Waals surface area contributed by atoms with Crippen LogP contribution in [0.3, 0.4) is 0 Å². The minimum absolute atomic E-state index is 0.241. The van der Waals surface area contributed by atoms with Crippen molar-refractivity contribution >= 4 is 5.91 Å². The number of carbonyl (C=O) groups is 1. The molecule has 94 heavy (non-hydrogen) atoms. The van der Waals surface area contributed by atoms with Gasteiger partial charge in [0.25, 0.3) is 0 Å². The van der Waals surface area contributed by atoms with Gasteiger partial charge in [-0.2, -0.15) is 0 Å². The normalized spacial score (nSPS) is 28.1. The molecular formula is C75H125NO18. The van der Waals surface area contributed by atoms with Gasteiger partial charge >= 0.3 is 0 Å². The van der Waals surface area contributed by atoms with Crippen molar-refractivity contribution in [3.8, 4) is 0 Å². The van der Waals surface area contributed by atoms with Crippen LogP contribution in [-0.4, -0.2) is 193 Å². The van der Waals surface area contributed by atoms with Crippen molar-refractivity contribution in [2.24, 2.45) is 0 Å². The third-order valence-corrected chi connectivity index (χ3v) is 17.1. The van der Waals surface area contributed by atoms with E-state index < -0.39 is 124 Å². The summed E-state index contributed by atoms with van der Waals surface area (Å²) in [6, 6.07) is -0.903. The van der Waals surface area contributed by atoms with Crippen molar-refractivity contribution in [1.29, 1.82) is 0 Å². The lowest BCUT2D eigenvalue weighted by atomic mass is 9.96. The van der Waals surface area contributed by atoms with Gasteiger partial charge in [-0.3, -0.25) is 4.79 Å². The van der Waals surface area contributed by atoms with Gasteiger partial charge in [0.15, 0.2) is 18.9 Å². The number of aliphatic hydroxyl groups excluding tert-OH is 11. The van der Waals surface area contributed by atoms with Crippen molar-refractivity contribution in [2.45, 2.75) is 317 Å². The van der Waals surface area contributed by atoms with Crippen LogP contribution >= 0.6 is 0 Å². The van der Waals surface area contributed by atoms with Gasteiger partial charge in [-0.25, -0.2) is 0 Å². The fourth-order valence-electron chi connectivity index (χ4n) is 11.3. The molecule has 538 valence electrons. The first-order valence-corrected chi connectivity index (χ1v) is 35.8. The zero-order valence-corrected chi connectivity index (χ0v) is 56.9. The minimum atomic E-state index is -1.98. The summed E-state index contributed by atoms with van der Waals surface area (Å²) in [7, 11) is 0. The highest BCUT2D eigenvalue weighted by atomic mass is 16.8. The van der Waals surface area contributed by atoms with Crippen LogP contribution in [0, 0.1) is 0 Å². The lowest BCUT2D eigenvalue weighted by molar-refractivity contribution is -0.379. The van der Waals surface area contributed by atoms with Gasteiger partial charge in [0, 0.05) is 6.42 Å². The predicted octanol–water partition coefficient (Wildman–Crippen LogP) is 9.99. The molecule has 0 radical (unpaired) electrons. The average molecular weight is 1330 g/mol. The van der Waals surface area contributed by atoms with Crippen LogP contribution in [0.2, 0.25) is 0 Å². The largest absolute Gasteiger partial charge is 0.394 e. The molecule has 3 saturated heterocycles. The van der Waals surface area contributed by atoms with E-state index >= 15 is 0 Å². The van der Waals surface area contributed by atoms with Crippen molar-refractivity contribution in [3.05, 3.63) is 122 Å². The molecule has 0 bridgehead atoms. The number of hydrogen-bond donors (Lipinski definition) is 12. The molecule has 19 heteroatoms. The molecule has 12 N–H and O–H groups in total. The van der Waals surface area contributed by atoms with Gasteiger partial charge in [0.05, 0.1) is 38.6 Å². The molecule has 0 aliphatic carbocycles. The Morgan fingerprint density at radius 3 is 1.15 bits per heavy atom. The first kappa shape index (κ1) is 84.4. The lowest BCUT2D eigenvalue weighted by Crippen LogP contribution is -2.66. The molecule has 3 fully saturated rings. The van der Waals surface area contributed by atoms with Crippen LogP contribution in [0.5, 0.6) is 0 Å². The molecule has 1 amide bonds. The maximum absolute atomic E-state index is 13.4. The zero-order valence-electron chi connectivity index (χ0n) is 56.9. The molecule has 3 aliphatic rings. The summed E-state index contributed by atoms with van der Waals surface area (Å²) in [5, 5.41) is 121. The van der Waals surface area contributed by atoms with Gasteiger partial charge in [-0.1, -0.05) is 238 Å². The van der Waals surface area contributed by atoms with E-state index in [-0.39, 0.29) is 18.9 Å². The summed E-state index contributed by atoms with van der Waals surface area (Å²) in [6.07, 6.45) is 48.6. The van der Waals surface area contributed by atoms with E-state index in [1.807, 2.05) is 0 Å². The van der Waals surface area contributed by atoms with E-state index in [1.165, 1.54) is 51.4 Å². The van der Waals surface area contributed by atoms with Crippen molar-refractivity contribution in [2.75, 3.05) is 26.4 Å². The monoisotopic (exact) mass is 1330 g/mol. The maximum Gasteiger partial charge on any atom is 0.220 e. The van der Waals surface area contributed by atoms with Crippen LogP contribution in [-0.2, 0) is 33.2 Å². The third kappa shape index (κ3) is 36.1. The molecule has 0 aromatic rings. The van der Waals surface area contributed by atoms with Crippen LogP contribution in [0.25, 0.3) is 0 Å². The Kier molecular flexibility index (Phi) is 49.5. The number of carbonyl (C=O) groups excluding carboxylic acids is 1. The van der Waals surface area contributed by atoms with E-state index in [4.69, 9.17) is 28.4 Å². The Labute approximate surface area is 563 Å². The van der Waals surface area contributed by atoms with Crippen LogP contribution in [0.15, 0.2) is 122 Å². The number of rotatable bonds is 53. The van der Waals surface area contributed by atoms with Gasteiger partial charge in [0.2, 0.25) is 5.91 Å². The van der Waals surface area contributed by atoms with Crippen LogP contribution in [0.4, 0.5) is 0 Å². The number of allylic oxidation sites excluding steroid dienone is 20. The number of hydrogen-bond acceptors (Lipinski definition) is 18. The van der Waals surface area contributed by atoms with Gasteiger partial charge in [-0.05, 0) is 89.9 Å². The molecule has 3 aliphatic heterocycles. The maximum atomic E-state index is 13.4. The standard InChI is InChI=1S/C75H125NO18/c1-3-5-7-9-11-13-15-17-18-19-20-21-22-23-24-25-26-27-28-29-30-31-32-33-34-35-36-37-38-39-40-41-43-45-47-49-51-53-63(81)76-58(59(80)52-50-48-46-44-42-16-14-12-10-8-6-4-2)57-89-73-69(87)66(84)71(61(55-78)91-73)94-75-70(88)67(85)72(62(56-79)92-75)93-74-68(86)65(83)64(82)60(54-77)90-74/h5,7,11,13,17-18,20-21,23-24,26-27,29-30,32-33,35-36,38-39,58-62,64-75,77-80,82-88H,3-4,6,8-10,12,14-16,19,22,25,28,31,34,37,40-57H2,1-2H3,(H,76,81)/b7-5-,13-11-,18-17-,21-20-,24-23-,27-26-,30-29-,33-32-,36-35-,39-38-. The van der Waals surface area contributed by atoms with Gasteiger partial charge in [0.1, 0.15) is 73.2 Å². The van der Waals surface area contributed by atoms with Crippen LogP contribution < -0.4 is 5.32 Å².